The molecule has 1 unspecified atom stereocenters. The molecule has 0 saturated heterocycles. The van der Waals surface area contributed by atoms with Gasteiger partial charge >= 0.3 is 0 Å². The standard InChI is InChI=1S/C21H19N3O3S/c1-3-24-16-11-7-8-12-17(16)27-21(2,19(24)26)18(25)23-20-22-15(13-28-20)14-9-5-4-6-10-14/h4-13H,3H2,1-2H3,(H,22,23,25). The molecule has 7 heteroatoms. The fourth-order valence-electron chi connectivity index (χ4n) is 3.14. The normalized spacial score (nSPS) is 18.4. The van der Waals surface area contributed by atoms with Crippen molar-refractivity contribution in [3.8, 4) is 17.0 Å². The Bertz CT molecular complexity index is 1030. The van der Waals surface area contributed by atoms with Gasteiger partial charge in [-0.15, -0.1) is 11.3 Å². The summed E-state index contributed by atoms with van der Waals surface area (Å²) in [6, 6.07) is 16.9. The van der Waals surface area contributed by atoms with Crippen molar-refractivity contribution in [3.05, 3.63) is 60.0 Å². The highest BCUT2D eigenvalue weighted by Gasteiger charge is 2.50. The zero-order valence-electron chi connectivity index (χ0n) is 15.5. The summed E-state index contributed by atoms with van der Waals surface area (Å²) in [6.45, 7) is 3.80. The van der Waals surface area contributed by atoms with Crippen molar-refractivity contribution in [2.24, 2.45) is 0 Å². The Morgan fingerprint density at radius 2 is 1.89 bits per heavy atom. The molecule has 4 rings (SSSR count). The summed E-state index contributed by atoms with van der Waals surface area (Å²) in [5.74, 6) is -0.434. The quantitative estimate of drug-likeness (QED) is 0.681. The molecular formula is C21H19N3O3S. The lowest BCUT2D eigenvalue weighted by atomic mass is 10.00. The zero-order chi connectivity index (χ0) is 19.7. The summed E-state index contributed by atoms with van der Waals surface area (Å²) in [4.78, 5) is 32.0. The zero-order valence-corrected chi connectivity index (χ0v) is 16.3. The molecule has 2 aromatic carbocycles. The summed E-state index contributed by atoms with van der Waals surface area (Å²) in [5.41, 5.74) is 0.730. The number of fused-ring (bicyclic) bond motifs is 1. The molecule has 6 nitrogen and oxygen atoms in total. The number of amides is 2. The first-order valence-corrected chi connectivity index (χ1v) is 9.83. The second-order valence-corrected chi connectivity index (χ2v) is 7.37. The highest BCUT2D eigenvalue weighted by molar-refractivity contribution is 7.14. The van der Waals surface area contributed by atoms with E-state index in [9.17, 15) is 9.59 Å². The maximum atomic E-state index is 13.0. The van der Waals surface area contributed by atoms with E-state index in [1.807, 2.05) is 54.8 Å². The smallest absolute Gasteiger partial charge is 0.280 e. The van der Waals surface area contributed by atoms with Crippen LogP contribution in [0.4, 0.5) is 10.8 Å². The van der Waals surface area contributed by atoms with Crippen molar-refractivity contribution in [1.82, 2.24) is 4.98 Å². The van der Waals surface area contributed by atoms with Crippen molar-refractivity contribution in [1.29, 1.82) is 0 Å². The molecule has 0 saturated carbocycles. The average molecular weight is 393 g/mol. The van der Waals surface area contributed by atoms with Crippen LogP contribution in [0.5, 0.6) is 5.75 Å². The van der Waals surface area contributed by atoms with Gasteiger partial charge in [0, 0.05) is 17.5 Å². The molecule has 0 spiro atoms. The molecule has 2 amide bonds. The van der Waals surface area contributed by atoms with E-state index in [4.69, 9.17) is 4.74 Å². The Morgan fingerprint density at radius 1 is 1.18 bits per heavy atom. The van der Waals surface area contributed by atoms with E-state index >= 15 is 0 Å². The van der Waals surface area contributed by atoms with E-state index in [0.29, 0.717) is 23.1 Å². The lowest BCUT2D eigenvalue weighted by Crippen LogP contribution is -2.60. The number of para-hydroxylation sites is 2. The van der Waals surface area contributed by atoms with Gasteiger partial charge in [-0.2, -0.15) is 0 Å². The molecule has 3 aromatic rings. The van der Waals surface area contributed by atoms with Gasteiger partial charge in [0.1, 0.15) is 5.75 Å². The summed E-state index contributed by atoms with van der Waals surface area (Å²) >= 11 is 1.31. The van der Waals surface area contributed by atoms with Crippen LogP contribution in [0.1, 0.15) is 13.8 Å². The van der Waals surface area contributed by atoms with E-state index in [0.717, 1.165) is 11.3 Å². The minimum atomic E-state index is -1.66. The SMILES string of the molecule is CCN1C(=O)C(C)(C(=O)Nc2nc(-c3ccccc3)cs2)Oc2ccccc21. The minimum Gasteiger partial charge on any atom is -0.465 e. The number of hydrogen-bond donors (Lipinski definition) is 1. The van der Waals surface area contributed by atoms with Crippen LogP contribution < -0.4 is 15.0 Å². The largest absolute Gasteiger partial charge is 0.465 e. The van der Waals surface area contributed by atoms with Gasteiger partial charge in [0.15, 0.2) is 5.13 Å². The van der Waals surface area contributed by atoms with Gasteiger partial charge in [-0.25, -0.2) is 4.98 Å². The number of aromatic nitrogens is 1. The van der Waals surface area contributed by atoms with Crippen LogP contribution in [0.3, 0.4) is 0 Å². The van der Waals surface area contributed by atoms with E-state index in [1.54, 1.807) is 17.0 Å². The number of nitrogens with zero attached hydrogens (tertiary/aromatic N) is 2. The Labute approximate surface area is 166 Å². The first-order chi connectivity index (χ1) is 13.5. The van der Waals surface area contributed by atoms with Gasteiger partial charge in [-0.3, -0.25) is 14.9 Å². The minimum absolute atomic E-state index is 0.397. The Balaban J connectivity index is 1.60. The van der Waals surface area contributed by atoms with Crippen molar-refractivity contribution in [2.75, 3.05) is 16.8 Å². The summed E-state index contributed by atoms with van der Waals surface area (Å²) < 4.78 is 5.86. The fourth-order valence-corrected chi connectivity index (χ4v) is 3.86. The lowest BCUT2D eigenvalue weighted by Gasteiger charge is -2.38. The molecule has 2 heterocycles. The third kappa shape index (κ3) is 3.03. The van der Waals surface area contributed by atoms with E-state index in [2.05, 4.69) is 10.3 Å². The van der Waals surface area contributed by atoms with Gasteiger partial charge in [0.05, 0.1) is 11.4 Å². The van der Waals surface area contributed by atoms with Gasteiger partial charge < -0.3 is 9.64 Å². The number of anilines is 2. The van der Waals surface area contributed by atoms with Crippen molar-refractivity contribution < 1.29 is 14.3 Å². The first-order valence-electron chi connectivity index (χ1n) is 8.95. The molecular weight excluding hydrogens is 374 g/mol. The predicted molar refractivity (Wildman–Crippen MR) is 110 cm³/mol. The summed E-state index contributed by atoms with van der Waals surface area (Å²) in [6.07, 6.45) is 0. The Morgan fingerprint density at radius 3 is 2.64 bits per heavy atom. The van der Waals surface area contributed by atoms with Gasteiger partial charge in [0.25, 0.3) is 17.4 Å². The van der Waals surface area contributed by atoms with E-state index in [1.165, 1.54) is 18.3 Å². The number of hydrogen-bond acceptors (Lipinski definition) is 5. The van der Waals surface area contributed by atoms with Crippen LogP contribution in [0.2, 0.25) is 0 Å². The average Bonchev–Trinajstić information content (AvgIpc) is 3.18. The molecule has 0 aliphatic carbocycles. The molecule has 0 fully saturated rings. The number of carbonyl (C=O) groups excluding carboxylic acids is 2. The summed E-state index contributed by atoms with van der Waals surface area (Å²) in [5, 5.41) is 5.03. The van der Waals surface area contributed by atoms with E-state index < -0.39 is 17.4 Å². The molecule has 1 aromatic heterocycles. The molecule has 0 bridgehead atoms. The third-order valence-electron chi connectivity index (χ3n) is 4.67. The maximum absolute atomic E-state index is 13.0. The van der Waals surface area contributed by atoms with Gasteiger partial charge in [0.2, 0.25) is 0 Å². The fraction of sp³-hybridized carbons (Fsp3) is 0.190. The number of carbonyl (C=O) groups is 2. The molecule has 1 aliphatic rings. The Hall–Kier alpha value is -3.19. The highest BCUT2D eigenvalue weighted by Crippen LogP contribution is 2.38. The number of likely N-dealkylation sites (N-methyl/N-ethyl adjacent to an activating group) is 1. The van der Waals surface area contributed by atoms with Crippen LogP contribution in [-0.4, -0.2) is 28.9 Å². The molecule has 0 radical (unpaired) electrons. The van der Waals surface area contributed by atoms with Gasteiger partial charge in [-0.1, -0.05) is 42.5 Å². The molecule has 28 heavy (non-hydrogen) atoms. The second-order valence-electron chi connectivity index (χ2n) is 6.51. The van der Waals surface area contributed by atoms with Crippen LogP contribution in [0.25, 0.3) is 11.3 Å². The van der Waals surface area contributed by atoms with E-state index in [-0.39, 0.29) is 0 Å². The van der Waals surface area contributed by atoms with Crippen LogP contribution in [-0.2, 0) is 9.59 Å². The number of rotatable bonds is 4. The first kappa shape index (κ1) is 18.2. The van der Waals surface area contributed by atoms with Crippen LogP contribution in [0.15, 0.2) is 60.0 Å². The Kier molecular flexibility index (Phi) is 4.60. The number of ether oxygens (including phenoxy) is 1. The number of benzene rings is 2. The topological polar surface area (TPSA) is 71.5 Å². The van der Waals surface area contributed by atoms with Gasteiger partial charge in [-0.05, 0) is 26.0 Å². The van der Waals surface area contributed by atoms with Crippen LogP contribution >= 0.6 is 11.3 Å². The highest BCUT2D eigenvalue weighted by atomic mass is 32.1. The number of nitrogens with one attached hydrogen (secondary N) is 1. The third-order valence-corrected chi connectivity index (χ3v) is 5.42. The van der Waals surface area contributed by atoms with Crippen LogP contribution in [0, 0.1) is 0 Å². The molecule has 1 atom stereocenters. The van der Waals surface area contributed by atoms with Crippen molar-refractivity contribution in [2.45, 2.75) is 19.4 Å². The van der Waals surface area contributed by atoms with Crippen molar-refractivity contribution in [3.63, 3.8) is 0 Å². The predicted octanol–water partition coefficient (Wildman–Crippen LogP) is 3.95. The molecule has 1 N–H and O–H groups in total. The monoisotopic (exact) mass is 393 g/mol. The second kappa shape index (κ2) is 7.09. The summed E-state index contributed by atoms with van der Waals surface area (Å²) in [7, 11) is 0. The maximum Gasteiger partial charge on any atom is 0.280 e. The van der Waals surface area contributed by atoms with Crippen molar-refractivity contribution >= 4 is 34.0 Å². The molecule has 1 aliphatic heterocycles. The lowest BCUT2D eigenvalue weighted by molar-refractivity contribution is -0.145. The molecule has 142 valence electrons. The number of thiazole rings is 1.